The van der Waals surface area contributed by atoms with Crippen LogP contribution < -0.4 is 5.32 Å². The second-order valence-electron chi connectivity index (χ2n) is 6.88. The summed E-state index contributed by atoms with van der Waals surface area (Å²) in [6.45, 7) is 0. The van der Waals surface area contributed by atoms with Crippen molar-refractivity contribution in [2.24, 2.45) is 0 Å². The Morgan fingerprint density at radius 2 is 1.74 bits per heavy atom. The van der Waals surface area contributed by atoms with E-state index in [9.17, 15) is 22.4 Å². The number of anilines is 1. The van der Waals surface area contributed by atoms with Gasteiger partial charge in [-0.15, -0.1) is 10.2 Å². The molecule has 6 nitrogen and oxygen atoms in total. The predicted molar refractivity (Wildman–Crippen MR) is 123 cm³/mol. The van der Waals surface area contributed by atoms with Gasteiger partial charge in [-0.2, -0.15) is 13.2 Å². The minimum atomic E-state index is -4.64. The Bertz CT molecular complexity index is 1310. The third kappa shape index (κ3) is 5.45. The summed E-state index contributed by atoms with van der Waals surface area (Å²) in [5, 5.41) is 10.9. The fraction of sp³-hybridized carbons (Fsp3) is 0.0909. The number of hydrogen-bond donors (Lipinski definition) is 1. The highest BCUT2D eigenvalue weighted by Crippen LogP contribution is 2.37. The van der Waals surface area contributed by atoms with Gasteiger partial charge in [0.15, 0.2) is 11.0 Å². The van der Waals surface area contributed by atoms with E-state index in [2.05, 4.69) is 36.4 Å². The molecule has 1 amide bonds. The number of hydrogen-bond acceptors (Lipinski definition) is 5. The number of aromatic nitrogens is 4. The van der Waals surface area contributed by atoms with Crippen molar-refractivity contribution in [1.82, 2.24) is 19.7 Å². The first-order valence-corrected chi connectivity index (χ1v) is 11.4. The first-order valence-electron chi connectivity index (χ1n) is 9.63. The van der Waals surface area contributed by atoms with Crippen LogP contribution in [-0.4, -0.2) is 31.4 Å². The fourth-order valence-corrected chi connectivity index (χ4v) is 4.16. The quantitative estimate of drug-likeness (QED) is 0.236. The number of rotatable bonds is 6. The lowest BCUT2D eigenvalue weighted by Crippen LogP contribution is -2.18. The second-order valence-corrected chi connectivity index (χ2v) is 8.74. The fourth-order valence-electron chi connectivity index (χ4n) is 3.05. The molecule has 0 atom stereocenters. The smallest absolute Gasteiger partial charge is 0.325 e. The van der Waals surface area contributed by atoms with E-state index in [0.717, 1.165) is 17.8 Å². The molecule has 0 saturated heterocycles. The van der Waals surface area contributed by atoms with Crippen LogP contribution in [0.2, 0.25) is 0 Å². The summed E-state index contributed by atoms with van der Waals surface area (Å²) >= 11 is 3.99. The molecule has 0 spiro atoms. The number of thioether (sulfide) groups is 1. The van der Waals surface area contributed by atoms with Crippen molar-refractivity contribution in [2.45, 2.75) is 11.3 Å². The molecule has 0 radical (unpaired) electrons. The van der Waals surface area contributed by atoms with Gasteiger partial charge in [-0.05, 0) is 54.6 Å². The van der Waals surface area contributed by atoms with Crippen molar-refractivity contribution in [3.63, 3.8) is 0 Å². The Balaban J connectivity index is 1.59. The Labute approximate surface area is 203 Å². The summed E-state index contributed by atoms with van der Waals surface area (Å²) in [4.78, 5) is 16.5. The lowest BCUT2D eigenvalue weighted by atomic mass is 10.1. The van der Waals surface area contributed by atoms with Gasteiger partial charge in [0.1, 0.15) is 5.82 Å². The number of pyridine rings is 1. The Morgan fingerprint density at radius 1 is 1.03 bits per heavy atom. The molecule has 2 aromatic carbocycles. The zero-order valence-electron chi connectivity index (χ0n) is 17.1. The van der Waals surface area contributed by atoms with E-state index in [-0.39, 0.29) is 15.9 Å². The predicted octanol–water partition coefficient (Wildman–Crippen LogP) is 5.98. The summed E-state index contributed by atoms with van der Waals surface area (Å²) < 4.78 is 55.3. The minimum Gasteiger partial charge on any atom is -0.325 e. The molecule has 174 valence electrons. The number of halogens is 5. The molecule has 4 rings (SSSR count). The Hall–Kier alpha value is -3.25. The van der Waals surface area contributed by atoms with Crippen LogP contribution in [0.1, 0.15) is 5.56 Å². The number of benzene rings is 2. The number of carbonyl (C=O) groups excluding carboxylic acids is 1. The summed E-state index contributed by atoms with van der Waals surface area (Å²) in [6.07, 6.45) is -1.48. The maximum atomic E-state index is 13.5. The van der Waals surface area contributed by atoms with E-state index in [1.165, 1.54) is 36.4 Å². The van der Waals surface area contributed by atoms with Crippen LogP contribution in [0.15, 0.2) is 76.6 Å². The summed E-state index contributed by atoms with van der Waals surface area (Å²) in [7, 11) is 0. The highest BCUT2D eigenvalue weighted by molar-refractivity contribution is 9.10. The Kier molecular flexibility index (Phi) is 6.98. The zero-order chi connectivity index (χ0) is 24.3. The largest absolute Gasteiger partial charge is 0.418 e. The van der Waals surface area contributed by atoms with E-state index in [4.69, 9.17) is 0 Å². The lowest BCUT2D eigenvalue weighted by Gasteiger charge is -2.14. The average molecular weight is 552 g/mol. The first-order chi connectivity index (χ1) is 16.2. The van der Waals surface area contributed by atoms with Crippen LogP contribution in [0.5, 0.6) is 0 Å². The number of alkyl halides is 3. The molecule has 2 aromatic heterocycles. The summed E-state index contributed by atoms with van der Waals surface area (Å²) in [6, 6.07) is 12.5. The van der Waals surface area contributed by atoms with Crippen LogP contribution in [0, 0.1) is 5.82 Å². The van der Waals surface area contributed by atoms with E-state index < -0.39 is 23.5 Å². The van der Waals surface area contributed by atoms with Crippen LogP contribution in [0.4, 0.5) is 23.2 Å². The summed E-state index contributed by atoms with van der Waals surface area (Å²) in [5.41, 5.74) is -0.0744. The van der Waals surface area contributed by atoms with E-state index >= 15 is 0 Å². The molecule has 34 heavy (non-hydrogen) atoms. The molecule has 0 unspecified atom stereocenters. The molecule has 12 heteroatoms. The molecule has 0 fully saturated rings. The topological polar surface area (TPSA) is 72.7 Å². The minimum absolute atomic E-state index is 0.233. The van der Waals surface area contributed by atoms with Gasteiger partial charge in [-0.3, -0.25) is 14.3 Å². The van der Waals surface area contributed by atoms with Crippen molar-refractivity contribution >= 4 is 39.3 Å². The number of nitrogens with zero attached hydrogens (tertiary/aromatic N) is 4. The molecule has 1 N–H and O–H groups in total. The normalized spacial score (nSPS) is 11.4. The van der Waals surface area contributed by atoms with Gasteiger partial charge in [0.05, 0.1) is 17.0 Å². The van der Waals surface area contributed by atoms with Crippen LogP contribution in [0.25, 0.3) is 17.1 Å². The van der Waals surface area contributed by atoms with Gasteiger partial charge in [0.25, 0.3) is 0 Å². The van der Waals surface area contributed by atoms with E-state index in [0.29, 0.717) is 22.2 Å². The highest BCUT2D eigenvalue weighted by atomic mass is 79.9. The van der Waals surface area contributed by atoms with Crippen LogP contribution >= 0.6 is 27.7 Å². The molecule has 4 aromatic rings. The standard InChI is InChI=1S/C22H14BrF4N5OS/c23-14-1-6-18(17(11-14)22(25,26)27)29-19(33)12-34-21-31-30-20(13-7-9-28-10-8-13)32(21)16-4-2-15(24)3-5-16/h1-11H,12H2,(H,29,33). The number of nitrogens with one attached hydrogen (secondary N) is 1. The van der Waals surface area contributed by atoms with Crippen molar-refractivity contribution in [2.75, 3.05) is 11.1 Å². The zero-order valence-corrected chi connectivity index (χ0v) is 19.5. The summed E-state index contributed by atoms with van der Waals surface area (Å²) in [5.74, 6) is -0.879. The lowest BCUT2D eigenvalue weighted by molar-refractivity contribution is -0.137. The number of amides is 1. The van der Waals surface area contributed by atoms with Gasteiger partial charge in [0, 0.05) is 28.1 Å². The second kappa shape index (κ2) is 9.94. The van der Waals surface area contributed by atoms with Gasteiger partial charge in [-0.1, -0.05) is 27.7 Å². The van der Waals surface area contributed by atoms with E-state index in [1.54, 1.807) is 29.1 Å². The molecule has 0 aliphatic rings. The molecule has 2 heterocycles. The van der Waals surface area contributed by atoms with Crippen LogP contribution in [0.3, 0.4) is 0 Å². The maximum Gasteiger partial charge on any atom is 0.418 e. The SMILES string of the molecule is O=C(CSc1nnc(-c2ccncc2)n1-c1ccc(F)cc1)Nc1ccc(Br)cc1C(F)(F)F. The molecule has 0 bridgehead atoms. The monoisotopic (exact) mass is 551 g/mol. The molecular formula is C22H14BrF4N5OS. The third-order valence-electron chi connectivity index (χ3n) is 4.55. The Morgan fingerprint density at radius 3 is 2.41 bits per heavy atom. The average Bonchev–Trinajstić information content (AvgIpc) is 3.23. The highest BCUT2D eigenvalue weighted by Gasteiger charge is 2.34. The number of carbonyl (C=O) groups is 1. The van der Waals surface area contributed by atoms with Gasteiger partial charge in [-0.25, -0.2) is 4.39 Å². The van der Waals surface area contributed by atoms with Gasteiger partial charge in [0.2, 0.25) is 5.91 Å². The molecule has 0 saturated carbocycles. The van der Waals surface area contributed by atoms with Gasteiger partial charge < -0.3 is 5.32 Å². The van der Waals surface area contributed by atoms with E-state index in [1.807, 2.05) is 0 Å². The van der Waals surface area contributed by atoms with Crippen molar-refractivity contribution < 1.29 is 22.4 Å². The van der Waals surface area contributed by atoms with Crippen molar-refractivity contribution in [3.05, 3.63) is 82.8 Å². The maximum absolute atomic E-state index is 13.5. The third-order valence-corrected chi connectivity index (χ3v) is 5.97. The van der Waals surface area contributed by atoms with Crippen LogP contribution in [-0.2, 0) is 11.0 Å². The molecule has 0 aliphatic carbocycles. The molecule has 0 aliphatic heterocycles. The van der Waals surface area contributed by atoms with Gasteiger partial charge >= 0.3 is 6.18 Å². The van der Waals surface area contributed by atoms with Crippen molar-refractivity contribution in [1.29, 1.82) is 0 Å². The molecular weight excluding hydrogens is 538 g/mol. The van der Waals surface area contributed by atoms with Crippen molar-refractivity contribution in [3.8, 4) is 17.1 Å². The first kappa shape index (κ1) is 23.9.